The summed E-state index contributed by atoms with van der Waals surface area (Å²) in [6.07, 6.45) is 8.02. The van der Waals surface area contributed by atoms with E-state index in [4.69, 9.17) is 9.72 Å². The lowest BCUT2D eigenvalue weighted by molar-refractivity contribution is 0.297. The first-order valence-corrected chi connectivity index (χ1v) is 13.2. The van der Waals surface area contributed by atoms with Crippen molar-refractivity contribution in [3.8, 4) is 23.0 Å². The van der Waals surface area contributed by atoms with E-state index in [1.54, 1.807) is 30.7 Å². The van der Waals surface area contributed by atoms with Gasteiger partial charge in [-0.2, -0.15) is 9.97 Å². The average molecular weight is 523 g/mol. The minimum absolute atomic E-state index is 0.0455. The molecule has 2 unspecified atom stereocenters. The number of hydrogen-bond donors (Lipinski definition) is 2. The topological polar surface area (TPSA) is 96.3 Å². The van der Waals surface area contributed by atoms with Gasteiger partial charge in [0.25, 0.3) is 0 Å². The summed E-state index contributed by atoms with van der Waals surface area (Å²) in [6.45, 7) is 1.89. The molecule has 2 fully saturated rings. The molecule has 196 valence electrons. The van der Waals surface area contributed by atoms with Crippen LogP contribution in [0.25, 0.3) is 32.9 Å². The fourth-order valence-corrected chi connectivity index (χ4v) is 5.78. The van der Waals surface area contributed by atoms with Gasteiger partial charge in [-0.05, 0) is 47.4 Å². The lowest BCUT2D eigenvalue weighted by Crippen LogP contribution is -2.51. The number of aromatic nitrogens is 4. The number of phenolic OH excluding ortho intramolecular Hbond substituents is 1. The molecule has 0 spiro atoms. The van der Waals surface area contributed by atoms with Gasteiger partial charge in [-0.15, -0.1) is 0 Å². The molecule has 0 aliphatic carbocycles. The zero-order chi connectivity index (χ0) is 26.3. The number of anilines is 1. The van der Waals surface area contributed by atoms with Crippen LogP contribution in [0.15, 0.2) is 67.1 Å². The van der Waals surface area contributed by atoms with Crippen molar-refractivity contribution in [1.29, 1.82) is 0 Å². The Morgan fingerprint density at radius 1 is 1.00 bits per heavy atom. The normalized spacial score (nSPS) is 18.6. The summed E-state index contributed by atoms with van der Waals surface area (Å²) in [5, 5.41) is 16.1. The van der Waals surface area contributed by atoms with Crippen LogP contribution in [-0.2, 0) is 6.42 Å². The second-order valence-corrected chi connectivity index (χ2v) is 10.2. The van der Waals surface area contributed by atoms with Gasteiger partial charge in [0.1, 0.15) is 22.8 Å². The molecule has 2 saturated heterocycles. The van der Waals surface area contributed by atoms with Crippen LogP contribution in [0.5, 0.6) is 11.8 Å². The third kappa shape index (κ3) is 4.48. The van der Waals surface area contributed by atoms with Crippen molar-refractivity contribution in [2.75, 3.05) is 24.6 Å². The molecule has 0 saturated carbocycles. The summed E-state index contributed by atoms with van der Waals surface area (Å²) in [4.78, 5) is 20.2. The Morgan fingerprint density at radius 3 is 2.67 bits per heavy atom. The van der Waals surface area contributed by atoms with Gasteiger partial charge < -0.3 is 20.1 Å². The van der Waals surface area contributed by atoms with E-state index in [0.29, 0.717) is 41.9 Å². The number of hydrogen-bond acceptors (Lipinski definition) is 8. The Hall–Kier alpha value is -4.37. The van der Waals surface area contributed by atoms with Gasteiger partial charge in [0.2, 0.25) is 0 Å². The van der Waals surface area contributed by atoms with Crippen LogP contribution in [0.2, 0.25) is 0 Å². The maximum Gasteiger partial charge on any atom is 0.319 e. The van der Waals surface area contributed by atoms with Crippen molar-refractivity contribution in [2.24, 2.45) is 0 Å². The fraction of sp³-hybridized carbons (Fsp3) is 0.267. The maximum absolute atomic E-state index is 16.4. The number of rotatable bonds is 6. The van der Waals surface area contributed by atoms with E-state index in [2.05, 4.69) is 25.2 Å². The zero-order valence-electron chi connectivity index (χ0n) is 21.2. The molecule has 5 aromatic rings. The number of fused-ring (bicyclic) bond motifs is 4. The molecule has 7 rings (SSSR count). The molecule has 9 heteroatoms. The minimum atomic E-state index is -0.567. The van der Waals surface area contributed by atoms with Gasteiger partial charge in [0.05, 0.1) is 12.0 Å². The van der Waals surface area contributed by atoms with E-state index in [0.717, 1.165) is 42.3 Å². The maximum atomic E-state index is 16.4. The number of benzene rings is 2. The summed E-state index contributed by atoms with van der Waals surface area (Å²) >= 11 is 0. The first-order chi connectivity index (χ1) is 19.1. The number of ether oxygens (including phenoxy) is 1. The van der Waals surface area contributed by atoms with Crippen LogP contribution in [0.4, 0.5) is 10.2 Å². The van der Waals surface area contributed by atoms with Crippen LogP contribution < -0.4 is 15.0 Å². The van der Waals surface area contributed by atoms with Crippen molar-refractivity contribution < 1.29 is 14.2 Å². The molecule has 2 N–H and O–H groups in total. The van der Waals surface area contributed by atoms with Crippen LogP contribution in [0.3, 0.4) is 0 Å². The molecule has 39 heavy (non-hydrogen) atoms. The Kier molecular flexibility index (Phi) is 5.93. The zero-order valence-corrected chi connectivity index (χ0v) is 21.2. The van der Waals surface area contributed by atoms with Gasteiger partial charge in [0.15, 0.2) is 5.82 Å². The molecule has 2 aliphatic heterocycles. The van der Waals surface area contributed by atoms with E-state index in [1.807, 2.05) is 36.4 Å². The third-order valence-electron chi connectivity index (χ3n) is 7.61. The summed E-state index contributed by atoms with van der Waals surface area (Å²) in [6, 6.07) is 15.5. The van der Waals surface area contributed by atoms with Crippen molar-refractivity contribution in [3.63, 3.8) is 0 Å². The summed E-state index contributed by atoms with van der Waals surface area (Å²) in [7, 11) is 0. The molecule has 2 atom stereocenters. The van der Waals surface area contributed by atoms with E-state index in [1.165, 1.54) is 0 Å². The molecule has 0 amide bonds. The average Bonchev–Trinajstić information content (AvgIpc) is 3.30. The molecule has 5 heterocycles. The van der Waals surface area contributed by atoms with Gasteiger partial charge >= 0.3 is 6.01 Å². The van der Waals surface area contributed by atoms with Crippen molar-refractivity contribution in [1.82, 2.24) is 25.3 Å². The fourth-order valence-electron chi connectivity index (χ4n) is 5.78. The second kappa shape index (κ2) is 9.74. The van der Waals surface area contributed by atoms with Crippen molar-refractivity contribution in [3.05, 3.63) is 78.5 Å². The number of piperazine rings is 1. The summed E-state index contributed by atoms with van der Waals surface area (Å²) in [5.41, 5.74) is 1.82. The summed E-state index contributed by atoms with van der Waals surface area (Å²) in [5.74, 6) is 0.111. The molecule has 3 aromatic heterocycles. The SMILES string of the molecule is Oc1cc(-c2ncc3c(N4CC5CCC(C4)N5)nc(OCCc4cccnc4)nc3c2F)c2ccccc2c1. The van der Waals surface area contributed by atoms with E-state index >= 15 is 4.39 Å². The van der Waals surface area contributed by atoms with Gasteiger partial charge in [-0.1, -0.05) is 30.3 Å². The Morgan fingerprint density at radius 2 is 1.85 bits per heavy atom. The molecule has 0 radical (unpaired) electrons. The molecule has 2 aliphatic rings. The lowest BCUT2D eigenvalue weighted by Gasteiger charge is -2.34. The standard InChI is InChI=1S/C30H27FN6O2/c31-26-27(24-13-22(38)12-19-5-1-2-6-23(19)24)33-15-25-28(26)35-30(39-11-9-18-4-3-10-32-14-18)36-29(25)37-16-20-7-8-21(17-37)34-20/h1-6,10,12-15,20-21,34,38H,7-9,11,16-17H2. The summed E-state index contributed by atoms with van der Waals surface area (Å²) < 4.78 is 22.4. The highest BCUT2D eigenvalue weighted by molar-refractivity contribution is 5.99. The number of halogens is 1. The van der Waals surface area contributed by atoms with Crippen LogP contribution in [0.1, 0.15) is 18.4 Å². The van der Waals surface area contributed by atoms with Gasteiger partial charge in [0, 0.05) is 55.7 Å². The van der Waals surface area contributed by atoms with E-state index in [9.17, 15) is 5.11 Å². The predicted molar refractivity (Wildman–Crippen MR) is 147 cm³/mol. The molecular weight excluding hydrogens is 495 g/mol. The molecule has 2 bridgehead atoms. The van der Waals surface area contributed by atoms with Crippen LogP contribution in [-0.4, -0.2) is 56.8 Å². The minimum Gasteiger partial charge on any atom is -0.508 e. The second-order valence-electron chi connectivity index (χ2n) is 10.2. The van der Waals surface area contributed by atoms with E-state index in [-0.39, 0.29) is 23.0 Å². The highest BCUT2D eigenvalue weighted by Gasteiger charge is 2.34. The first-order valence-electron chi connectivity index (χ1n) is 13.2. The largest absolute Gasteiger partial charge is 0.508 e. The number of phenols is 1. The third-order valence-corrected chi connectivity index (χ3v) is 7.61. The van der Waals surface area contributed by atoms with Crippen molar-refractivity contribution >= 4 is 27.5 Å². The predicted octanol–water partition coefficient (Wildman–Crippen LogP) is 4.65. The number of nitrogens with one attached hydrogen (secondary N) is 1. The smallest absolute Gasteiger partial charge is 0.319 e. The van der Waals surface area contributed by atoms with Crippen LogP contribution >= 0.6 is 0 Å². The number of nitrogens with zero attached hydrogens (tertiary/aromatic N) is 5. The Bertz CT molecular complexity index is 1670. The van der Waals surface area contributed by atoms with Gasteiger partial charge in [-0.25, -0.2) is 4.39 Å². The lowest BCUT2D eigenvalue weighted by atomic mass is 10.0. The Labute approximate surface area is 224 Å². The van der Waals surface area contributed by atoms with Gasteiger partial charge in [-0.3, -0.25) is 9.97 Å². The molecule has 8 nitrogen and oxygen atoms in total. The number of pyridine rings is 2. The highest BCUT2D eigenvalue weighted by atomic mass is 19.1. The highest BCUT2D eigenvalue weighted by Crippen LogP contribution is 2.37. The quantitative estimate of drug-likeness (QED) is 0.333. The molecule has 2 aromatic carbocycles. The molecular formula is C30H27FN6O2. The van der Waals surface area contributed by atoms with Crippen LogP contribution in [0, 0.1) is 5.82 Å². The first kappa shape index (κ1) is 23.7. The van der Waals surface area contributed by atoms with Crippen molar-refractivity contribution in [2.45, 2.75) is 31.3 Å². The number of aromatic hydroxyl groups is 1. The Balaban J connectivity index is 1.33. The van der Waals surface area contributed by atoms with E-state index < -0.39 is 5.82 Å². The monoisotopic (exact) mass is 522 g/mol.